The van der Waals surface area contributed by atoms with Gasteiger partial charge in [0.05, 0.1) is 4.90 Å². The monoisotopic (exact) mass is 474 g/mol. The van der Waals surface area contributed by atoms with Crippen molar-refractivity contribution in [2.75, 3.05) is 4.72 Å². The van der Waals surface area contributed by atoms with E-state index in [1.54, 1.807) is 24.3 Å². The molecule has 2 aromatic carbocycles. The molecule has 3 N–H and O–H groups in total. The molecule has 0 aliphatic heterocycles. The Balaban J connectivity index is 1.68. The molecule has 0 radical (unpaired) electrons. The van der Waals surface area contributed by atoms with Crippen LogP contribution in [0.4, 0.5) is 5.69 Å². The van der Waals surface area contributed by atoms with E-state index in [4.69, 9.17) is 0 Å². The number of sulfonamides is 1. The molecular weight excluding hydrogens is 460 g/mol. The Morgan fingerprint density at radius 3 is 2.28 bits per heavy atom. The summed E-state index contributed by atoms with van der Waals surface area (Å²) in [4.78, 5) is 28.2. The largest absolute Gasteiger partial charge is 0.288 e. The number of hydrogen-bond donors (Lipinski definition) is 3. The molecule has 0 fully saturated rings. The smallest absolute Gasteiger partial charge is 0.280 e. The highest BCUT2D eigenvalue weighted by Gasteiger charge is 2.15. The van der Waals surface area contributed by atoms with Crippen LogP contribution in [0.5, 0.6) is 0 Å². The van der Waals surface area contributed by atoms with Gasteiger partial charge >= 0.3 is 0 Å². The number of benzene rings is 2. The van der Waals surface area contributed by atoms with Crippen LogP contribution in [0.2, 0.25) is 0 Å². The Bertz CT molecular complexity index is 1140. The highest BCUT2D eigenvalue weighted by Crippen LogP contribution is 2.19. The fraction of sp³-hybridized carbons (Fsp3) is 0. The topological polar surface area (TPSA) is 117 Å². The van der Waals surface area contributed by atoms with Crippen LogP contribution in [0.25, 0.3) is 0 Å². The van der Waals surface area contributed by atoms with Crippen molar-refractivity contribution in [1.82, 2.24) is 15.8 Å². The minimum atomic E-state index is -3.81. The van der Waals surface area contributed by atoms with Crippen molar-refractivity contribution in [3.8, 4) is 0 Å². The number of carbonyl (C=O) groups is 2. The molecule has 0 aliphatic carbocycles. The van der Waals surface area contributed by atoms with E-state index < -0.39 is 21.8 Å². The average Bonchev–Trinajstić information content (AvgIpc) is 2.72. The number of anilines is 1. The van der Waals surface area contributed by atoms with Gasteiger partial charge in [0.15, 0.2) is 0 Å². The number of rotatable bonds is 5. The minimum absolute atomic E-state index is 0.0816. The van der Waals surface area contributed by atoms with E-state index in [1.165, 1.54) is 48.7 Å². The number of hydrogen-bond acceptors (Lipinski definition) is 5. The second kappa shape index (κ2) is 8.84. The lowest BCUT2D eigenvalue weighted by atomic mass is 10.2. The molecule has 0 saturated carbocycles. The molecular formula is C19H15BrN4O4S. The van der Waals surface area contributed by atoms with Crippen molar-refractivity contribution in [3.05, 3.63) is 88.7 Å². The molecule has 10 heteroatoms. The number of nitrogens with zero attached hydrogens (tertiary/aromatic N) is 1. The molecule has 29 heavy (non-hydrogen) atoms. The average molecular weight is 475 g/mol. The molecule has 0 aliphatic rings. The van der Waals surface area contributed by atoms with Crippen molar-refractivity contribution in [1.29, 1.82) is 0 Å². The van der Waals surface area contributed by atoms with Crippen LogP contribution < -0.4 is 15.6 Å². The number of amides is 2. The van der Waals surface area contributed by atoms with Gasteiger partial charge in [0.2, 0.25) is 0 Å². The van der Waals surface area contributed by atoms with E-state index in [0.29, 0.717) is 0 Å². The zero-order valence-corrected chi connectivity index (χ0v) is 17.2. The van der Waals surface area contributed by atoms with Crippen LogP contribution >= 0.6 is 15.9 Å². The number of pyridine rings is 1. The van der Waals surface area contributed by atoms with Gasteiger partial charge < -0.3 is 0 Å². The maximum atomic E-state index is 12.5. The van der Waals surface area contributed by atoms with Gasteiger partial charge in [-0.15, -0.1) is 0 Å². The van der Waals surface area contributed by atoms with E-state index in [2.05, 4.69) is 36.5 Å². The summed E-state index contributed by atoms with van der Waals surface area (Å²) in [5, 5.41) is 0. The van der Waals surface area contributed by atoms with Gasteiger partial charge in [-0.05, 0) is 54.6 Å². The fourth-order valence-corrected chi connectivity index (χ4v) is 3.61. The van der Waals surface area contributed by atoms with Gasteiger partial charge in [-0.3, -0.25) is 30.1 Å². The fourth-order valence-electron chi connectivity index (χ4n) is 2.30. The first-order valence-corrected chi connectivity index (χ1v) is 10.5. The molecule has 8 nitrogen and oxygen atoms in total. The van der Waals surface area contributed by atoms with Gasteiger partial charge in [0.1, 0.15) is 5.69 Å². The molecule has 1 aromatic heterocycles. The molecule has 3 aromatic rings. The highest BCUT2D eigenvalue weighted by molar-refractivity contribution is 9.10. The molecule has 0 saturated heterocycles. The maximum Gasteiger partial charge on any atom is 0.288 e. The molecule has 0 spiro atoms. The second-order valence-corrected chi connectivity index (χ2v) is 8.36. The molecule has 1 heterocycles. The van der Waals surface area contributed by atoms with Crippen molar-refractivity contribution in [3.63, 3.8) is 0 Å². The Morgan fingerprint density at radius 1 is 0.862 bits per heavy atom. The third-order valence-electron chi connectivity index (χ3n) is 3.69. The molecule has 0 unspecified atom stereocenters. The van der Waals surface area contributed by atoms with Gasteiger partial charge in [0.25, 0.3) is 21.8 Å². The van der Waals surface area contributed by atoms with Crippen molar-refractivity contribution in [2.45, 2.75) is 4.90 Å². The molecule has 3 rings (SSSR count). The third-order valence-corrected chi connectivity index (χ3v) is 5.61. The number of nitrogens with one attached hydrogen (secondary N) is 3. The summed E-state index contributed by atoms with van der Waals surface area (Å²) in [6, 6.07) is 16.8. The predicted molar refractivity (Wildman–Crippen MR) is 111 cm³/mol. The highest BCUT2D eigenvalue weighted by atomic mass is 79.9. The van der Waals surface area contributed by atoms with Gasteiger partial charge in [0, 0.05) is 21.9 Å². The summed E-state index contributed by atoms with van der Waals surface area (Å²) in [5.41, 5.74) is 5.02. The Kier molecular flexibility index (Phi) is 6.25. The summed E-state index contributed by atoms with van der Waals surface area (Å²) < 4.78 is 28.1. The first-order chi connectivity index (χ1) is 13.8. The maximum absolute atomic E-state index is 12.5. The molecule has 0 bridgehead atoms. The minimum Gasteiger partial charge on any atom is -0.280 e. The van der Waals surface area contributed by atoms with E-state index in [1.807, 2.05) is 0 Å². The normalized spacial score (nSPS) is 10.8. The number of aromatic nitrogens is 1. The number of carbonyl (C=O) groups excluding carboxylic acids is 2. The number of halogens is 1. The van der Waals surface area contributed by atoms with Crippen molar-refractivity contribution in [2.24, 2.45) is 0 Å². The Labute approximate surface area is 175 Å². The van der Waals surface area contributed by atoms with Crippen LogP contribution in [0.15, 0.2) is 82.3 Å². The lowest BCUT2D eigenvalue weighted by Gasteiger charge is -2.10. The van der Waals surface area contributed by atoms with Crippen LogP contribution in [0, 0.1) is 0 Å². The van der Waals surface area contributed by atoms with Gasteiger partial charge in [-0.25, -0.2) is 8.42 Å². The van der Waals surface area contributed by atoms with Gasteiger partial charge in [-0.2, -0.15) is 0 Å². The zero-order chi connectivity index (χ0) is 20.9. The lowest BCUT2D eigenvalue weighted by molar-refractivity contribution is 0.0844. The summed E-state index contributed by atoms with van der Waals surface area (Å²) in [7, 11) is -3.81. The Morgan fingerprint density at radius 2 is 1.59 bits per heavy atom. The van der Waals surface area contributed by atoms with E-state index in [-0.39, 0.29) is 21.8 Å². The molecule has 0 atom stereocenters. The predicted octanol–water partition coefficient (Wildman–Crippen LogP) is 2.72. The van der Waals surface area contributed by atoms with Crippen LogP contribution in [0.3, 0.4) is 0 Å². The molecule has 148 valence electrons. The Hall–Kier alpha value is -3.24. The summed E-state index contributed by atoms with van der Waals surface area (Å²) in [6.07, 6.45) is 1.46. The van der Waals surface area contributed by atoms with E-state index in [9.17, 15) is 18.0 Å². The van der Waals surface area contributed by atoms with Crippen molar-refractivity contribution < 1.29 is 18.0 Å². The van der Waals surface area contributed by atoms with E-state index in [0.717, 1.165) is 4.47 Å². The number of hydrazine groups is 1. The third kappa shape index (κ3) is 5.39. The standard InChI is InChI=1S/C19H15BrN4O4S/c20-14-7-9-16(10-8-14)29(27,28)24-15-5-3-4-13(12-15)18(25)22-23-19(26)17-6-1-2-11-21-17/h1-12,24H,(H,22,25)(H,23,26). The van der Waals surface area contributed by atoms with E-state index >= 15 is 0 Å². The summed E-state index contributed by atoms with van der Waals surface area (Å²) >= 11 is 3.25. The summed E-state index contributed by atoms with van der Waals surface area (Å²) in [6.45, 7) is 0. The zero-order valence-electron chi connectivity index (χ0n) is 14.8. The first kappa shape index (κ1) is 20.5. The second-order valence-electron chi connectivity index (χ2n) is 5.76. The van der Waals surface area contributed by atoms with Crippen molar-refractivity contribution >= 4 is 43.5 Å². The summed E-state index contributed by atoms with van der Waals surface area (Å²) in [5.74, 6) is -1.19. The van der Waals surface area contributed by atoms with Crippen LogP contribution in [-0.4, -0.2) is 25.2 Å². The van der Waals surface area contributed by atoms with Crippen LogP contribution in [-0.2, 0) is 10.0 Å². The molecule has 2 amide bonds. The van der Waals surface area contributed by atoms with Crippen LogP contribution in [0.1, 0.15) is 20.8 Å². The van der Waals surface area contributed by atoms with Gasteiger partial charge in [-0.1, -0.05) is 28.1 Å². The lowest BCUT2D eigenvalue weighted by Crippen LogP contribution is -2.41. The quantitative estimate of drug-likeness (QED) is 0.491. The SMILES string of the molecule is O=C(NNC(=O)c1ccccn1)c1cccc(NS(=O)(=O)c2ccc(Br)cc2)c1. The first-order valence-electron chi connectivity index (χ1n) is 8.25.